The molecule has 0 atom stereocenters. The third-order valence-electron chi connectivity index (χ3n) is 3.98. The largest absolute Gasteiger partial charge is 0.478 e. The number of aromatic carboxylic acids is 1. The van der Waals surface area contributed by atoms with Gasteiger partial charge in [0.2, 0.25) is 15.5 Å². The second kappa shape index (κ2) is 5.68. The van der Waals surface area contributed by atoms with Crippen LogP contribution in [-0.4, -0.2) is 19.5 Å². The van der Waals surface area contributed by atoms with E-state index in [0.29, 0.717) is 5.56 Å². The Labute approximate surface area is 142 Å². The van der Waals surface area contributed by atoms with Gasteiger partial charge in [-0.05, 0) is 41.8 Å². The lowest BCUT2D eigenvalue weighted by molar-refractivity contribution is 0.0697. The van der Waals surface area contributed by atoms with Gasteiger partial charge in [-0.25, -0.2) is 18.4 Å². The van der Waals surface area contributed by atoms with Crippen LogP contribution in [0.3, 0.4) is 0 Å². The Hall–Kier alpha value is -2.71. The summed E-state index contributed by atoms with van der Waals surface area (Å²) in [5, 5.41) is 14.5. The zero-order chi connectivity index (χ0) is 18.5. The Morgan fingerprint density at radius 3 is 2.40 bits per heavy atom. The highest BCUT2D eigenvalue weighted by Gasteiger charge is 2.21. The summed E-state index contributed by atoms with van der Waals surface area (Å²) in [6.07, 6.45) is 0. The fourth-order valence-electron chi connectivity index (χ4n) is 2.63. The van der Waals surface area contributed by atoms with Gasteiger partial charge >= 0.3 is 5.97 Å². The third kappa shape index (κ3) is 2.90. The lowest BCUT2D eigenvalue weighted by Gasteiger charge is -2.11. The minimum Gasteiger partial charge on any atom is -0.478 e. The smallest absolute Gasteiger partial charge is 0.335 e. The van der Waals surface area contributed by atoms with Gasteiger partial charge in [0.05, 0.1) is 16.3 Å². The van der Waals surface area contributed by atoms with Crippen LogP contribution in [0.25, 0.3) is 21.9 Å². The number of nitrogens with two attached hydrogens (primary N) is 1. The summed E-state index contributed by atoms with van der Waals surface area (Å²) in [7, 11) is -4.12. The van der Waals surface area contributed by atoms with Crippen LogP contribution in [0.5, 0.6) is 0 Å². The van der Waals surface area contributed by atoms with Crippen molar-refractivity contribution in [1.29, 1.82) is 0 Å². The van der Waals surface area contributed by atoms with Crippen molar-refractivity contribution in [2.24, 2.45) is 5.14 Å². The monoisotopic (exact) mass is 361 g/mol. The van der Waals surface area contributed by atoms with Gasteiger partial charge in [-0.1, -0.05) is 13.8 Å². The van der Waals surface area contributed by atoms with Gasteiger partial charge in [-0.3, -0.25) is 4.79 Å². The average Bonchev–Trinajstić information content (AvgIpc) is 2.52. The molecule has 0 aliphatic heterocycles. The fraction of sp³-hybridized carbons (Fsp3) is 0.176. The summed E-state index contributed by atoms with van der Waals surface area (Å²) in [6.45, 7) is 3.69. The molecule has 0 unspecified atom stereocenters. The molecule has 1 aromatic heterocycles. The maximum atomic E-state index is 12.8. The Morgan fingerprint density at radius 2 is 1.84 bits per heavy atom. The molecular formula is C17H15NO6S. The molecule has 0 aliphatic carbocycles. The number of sulfonamides is 1. The van der Waals surface area contributed by atoms with Crippen molar-refractivity contribution >= 4 is 37.9 Å². The predicted molar refractivity (Wildman–Crippen MR) is 92.4 cm³/mol. The number of carboxylic acids is 1. The van der Waals surface area contributed by atoms with Crippen molar-refractivity contribution in [1.82, 2.24) is 0 Å². The number of benzene rings is 2. The van der Waals surface area contributed by atoms with Gasteiger partial charge in [0, 0.05) is 0 Å². The molecule has 3 aromatic rings. The zero-order valence-electron chi connectivity index (χ0n) is 13.4. The highest BCUT2D eigenvalue weighted by molar-refractivity contribution is 7.89. The summed E-state index contributed by atoms with van der Waals surface area (Å²) in [5.41, 5.74) is -0.00711. The topological polar surface area (TPSA) is 128 Å². The molecule has 0 amide bonds. The first-order valence-corrected chi connectivity index (χ1v) is 8.95. The Kier molecular flexibility index (Phi) is 3.89. The average molecular weight is 361 g/mol. The lowest BCUT2D eigenvalue weighted by Crippen LogP contribution is -2.15. The number of rotatable bonds is 3. The molecule has 0 aliphatic rings. The molecule has 0 saturated carbocycles. The molecule has 0 fully saturated rings. The molecule has 3 rings (SSSR count). The van der Waals surface area contributed by atoms with Crippen LogP contribution >= 0.6 is 0 Å². The summed E-state index contributed by atoms with van der Waals surface area (Å²) in [4.78, 5) is 23.7. The first-order valence-electron chi connectivity index (χ1n) is 7.40. The number of carbonyl (C=O) groups is 1. The van der Waals surface area contributed by atoms with E-state index < -0.39 is 21.4 Å². The van der Waals surface area contributed by atoms with Crippen LogP contribution in [0, 0.1) is 0 Å². The lowest BCUT2D eigenvalue weighted by atomic mass is 10.0. The van der Waals surface area contributed by atoms with Gasteiger partial charge in [0.1, 0.15) is 10.5 Å². The van der Waals surface area contributed by atoms with Crippen molar-refractivity contribution < 1.29 is 22.7 Å². The summed E-state index contributed by atoms with van der Waals surface area (Å²) in [5.74, 6) is -1.23. The Morgan fingerprint density at radius 1 is 1.16 bits per heavy atom. The van der Waals surface area contributed by atoms with Gasteiger partial charge in [0.15, 0.2) is 5.58 Å². The van der Waals surface area contributed by atoms with E-state index in [9.17, 15) is 18.0 Å². The molecular weight excluding hydrogens is 346 g/mol. The van der Waals surface area contributed by atoms with Crippen molar-refractivity contribution in [3.63, 3.8) is 0 Å². The second-order valence-electron chi connectivity index (χ2n) is 6.04. The minimum absolute atomic E-state index is 0.0465. The summed E-state index contributed by atoms with van der Waals surface area (Å²) >= 11 is 0. The number of hydrogen-bond donors (Lipinski definition) is 2. The number of primary sulfonamides is 1. The molecule has 130 valence electrons. The normalized spacial score (nSPS) is 12.2. The quantitative estimate of drug-likeness (QED) is 0.690. The first-order chi connectivity index (χ1) is 11.6. The summed E-state index contributed by atoms with van der Waals surface area (Å²) in [6, 6.07) is 6.75. The van der Waals surface area contributed by atoms with Gasteiger partial charge in [-0.15, -0.1) is 0 Å². The fourth-order valence-corrected chi connectivity index (χ4v) is 3.34. The van der Waals surface area contributed by atoms with E-state index in [1.807, 2.05) is 13.8 Å². The van der Waals surface area contributed by atoms with Gasteiger partial charge in [-0.2, -0.15) is 0 Å². The Bertz CT molecular complexity index is 1190. The Balaban J connectivity index is 2.55. The van der Waals surface area contributed by atoms with Crippen molar-refractivity contribution in [2.75, 3.05) is 0 Å². The molecule has 0 saturated heterocycles. The number of carboxylic acid groups (broad SMARTS) is 1. The molecule has 8 heteroatoms. The molecule has 2 aromatic carbocycles. The minimum atomic E-state index is -4.12. The molecule has 0 radical (unpaired) electrons. The molecule has 1 heterocycles. The van der Waals surface area contributed by atoms with Crippen molar-refractivity contribution in [3.8, 4) is 0 Å². The summed E-state index contributed by atoms with van der Waals surface area (Å²) < 4.78 is 29.5. The standard InChI is InChI=1S/C17H15NO6S/c1-8(2)10-6-12-15(19)11-5-9(17(20)21)3-4-13(11)24-16(12)14(7-10)25(18,22)23/h3-8H,1-2H3,(H,20,21)(H2,18,22,23). The van der Waals surface area contributed by atoms with Gasteiger partial charge in [0.25, 0.3) is 0 Å². The SMILES string of the molecule is CC(C)c1cc(S(N)(=O)=O)c2oc3ccc(C(=O)O)cc3c(=O)c2c1. The molecule has 7 nitrogen and oxygen atoms in total. The van der Waals surface area contributed by atoms with Crippen LogP contribution in [0.1, 0.15) is 35.7 Å². The van der Waals surface area contributed by atoms with Crippen LogP contribution in [0.4, 0.5) is 0 Å². The van der Waals surface area contributed by atoms with E-state index in [2.05, 4.69) is 0 Å². The number of fused-ring (bicyclic) bond motifs is 2. The van der Waals surface area contributed by atoms with Crippen LogP contribution in [-0.2, 0) is 10.0 Å². The number of hydrogen-bond acceptors (Lipinski definition) is 5. The maximum Gasteiger partial charge on any atom is 0.335 e. The van der Waals surface area contributed by atoms with E-state index in [0.717, 1.165) is 0 Å². The zero-order valence-corrected chi connectivity index (χ0v) is 14.3. The first kappa shape index (κ1) is 17.1. The van der Waals surface area contributed by atoms with E-state index in [4.69, 9.17) is 14.7 Å². The molecule has 0 spiro atoms. The van der Waals surface area contributed by atoms with Crippen molar-refractivity contribution in [3.05, 3.63) is 51.7 Å². The molecule has 0 bridgehead atoms. The van der Waals surface area contributed by atoms with Crippen LogP contribution in [0.15, 0.2) is 44.4 Å². The molecule has 25 heavy (non-hydrogen) atoms. The van der Waals surface area contributed by atoms with Crippen molar-refractivity contribution in [2.45, 2.75) is 24.7 Å². The van der Waals surface area contributed by atoms with Gasteiger partial charge < -0.3 is 9.52 Å². The van der Waals surface area contributed by atoms with Crippen LogP contribution < -0.4 is 10.6 Å². The maximum absolute atomic E-state index is 12.8. The van der Waals surface area contributed by atoms with E-state index in [1.54, 1.807) is 6.07 Å². The third-order valence-corrected chi connectivity index (χ3v) is 4.89. The van der Waals surface area contributed by atoms with E-state index in [-0.39, 0.29) is 38.3 Å². The predicted octanol–water partition coefficient (Wildman–Crippen LogP) is 2.42. The highest BCUT2D eigenvalue weighted by Crippen LogP contribution is 2.29. The van der Waals surface area contributed by atoms with Crippen LogP contribution in [0.2, 0.25) is 0 Å². The van der Waals surface area contributed by atoms with E-state index in [1.165, 1.54) is 24.3 Å². The molecule has 3 N–H and O–H groups in total. The highest BCUT2D eigenvalue weighted by atomic mass is 32.2. The second-order valence-corrected chi connectivity index (χ2v) is 7.57. The van der Waals surface area contributed by atoms with E-state index >= 15 is 0 Å².